The standard InChI is InChI=1S/C43H52F3N3O5/c1-27-36(23-48-26-42(4)21-34(48)20-41(2,3)25-42)53-39(54-37(27)31-12-10-28(24-50)11-13-31)32-16-14-30(15-17-32)33-8-5-7-29(19-33)22-47-38(51)35-9-6-18-49(35)40(52)43(44,45)46/h5,7-8,10-17,19,27,34-37,39,50H,6,9,18,20-26H2,1-4H3,(H,47,51)/t27-,34?,35+,36+,37+,39+,42?/m1/s1. The van der Waals surface area contributed by atoms with Gasteiger partial charge in [0.1, 0.15) is 6.04 Å². The van der Waals surface area contributed by atoms with Gasteiger partial charge in [-0.15, -0.1) is 0 Å². The van der Waals surface area contributed by atoms with Gasteiger partial charge >= 0.3 is 12.1 Å². The number of aliphatic hydroxyl groups excluding tert-OH is 1. The summed E-state index contributed by atoms with van der Waals surface area (Å²) in [5.74, 6) is -2.47. The fraction of sp³-hybridized carbons (Fsp3) is 0.535. The number of nitrogens with one attached hydrogen (secondary N) is 1. The maximum atomic E-state index is 13.1. The van der Waals surface area contributed by atoms with Crippen molar-refractivity contribution >= 4 is 11.8 Å². The first-order valence-corrected chi connectivity index (χ1v) is 19.2. The summed E-state index contributed by atoms with van der Waals surface area (Å²) < 4.78 is 52.8. The maximum Gasteiger partial charge on any atom is 0.471 e. The number of carbonyl (C=O) groups excluding carboxylic acids is 2. The van der Waals surface area contributed by atoms with Crippen molar-refractivity contribution < 1.29 is 37.3 Å². The second-order valence-corrected chi connectivity index (χ2v) is 17.2. The number of hydrogen-bond acceptors (Lipinski definition) is 6. The van der Waals surface area contributed by atoms with Gasteiger partial charge in [-0.3, -0.25) is 14.5 Å². The molecule has 8 nitrogen and oxygen atoms in total. The highest BCUT2D eigenvalue weighted by Gasteiger charge is 2.51. The fourth-order valence-corrected chi connectivity index (χ4v) is 9.80. The highest BCUT2D eigenvalue weighted by Crippen LogP contribution is 2.53. The molecule has 2 N–H and O–H groups in total. The molecule has 3 heterocycles. The molecule has 4 aliphatic rings. The summed E-state index contributed by atoms with van der Waals surface area (Å²) in [5.41, 5.74) is 6.09. The topological polar surface area (TPSA) is 91.3 Å². The van der Waals surface area contributed by atoms with Crippen molar-refractivity contribution in [3.63, 3.8) is 0 Å². The van der Waals surface area contributed by atoms with Crippen LogP contribution in [-0.4, -0.2) is 70.7 Å². The lowest BCUT2D eigenvalue weighted by Crippen LogP contribution is -2.50. The van der Waals surface area contributed by atoms with E-state index in [1.165, 1.54) is 19.3 Å². The van der Waals surface area contributed by atoms with E-state index in [2.05, 4.69) is 37.9 Å². The van der Waals surface area contributed by atoms with Crippen LogP contribution < -0.4 is 5.32 Å². The second kappa shape index (κ2) is 15.0. The van der Waals surface area contributed by atoms with Crippen molar-refractivity contribution in [1.29, 1.82) is 0 Å². The lowest BCUT2D eigenvalue weighted by Gasteiger charge is -2.43. The first-order chi connectivity index (χ1) is 25.6. The van der Waals surface area contributed by atoms with E-state index in [1.807, 2.05) is 72.8 Å². The van der Waals surface area contributed by atoms with Gasteiger partial charge in [0, 0.05) is 43.7 Å². The Hall–Kier alpha value is -3.77. The van der Waals surface area contributed by atoms with Crippen molar-refractivity contribution in [2.45, 2.75) is 110 Å². The zero-order valence-corrected chi connectivity index (χ0v) is 31.6. The predicted octanol–water partition coefficient (Wildman–Crippen LogP) is 7.71. The molecule has 2 bridgehead atoms. The number of ether oxygens (including phenoxy) is 2. The minimum absolute atomic E-state index is 0.0161. The SMILES string of the molecule is C[C@@H]1[C@H](CN2CC3(C)CC2CC(C)(C)C3)O[C@H](c2ccc(-c3cccc(CNC(=O)[C@@H]4CCCN4C(=O)C(F)(F)F)c3)cc2)O[C@@H]1c1ccc(CO)cc1. The van der Waals surface area contributed by atoms with Crippen molar-refractivity contribution in [2.75, 3.05) is 19.6 Å². The van der Waals surface area contributed by atoms with E-state index in [-0.39, 0.29) is 44.2 Å². The van der Waals surface area contributed by atoms with Gasteiger partial charge < -0.3 is 24.8 Å². The molecular formula is C43H52F3N3O5. The molecule has 7 rings (SSSR count). The van der Waals surface area contributed by atoms with Gasteiger partial charge in [0.2, 0.25) is 5.91 Å². The van der Waals surface area contributed by atoms with Crippen molar-refractivity contribution in [3.05, 3.63) is 95.1 Å². The molecule has 2 unspecified atom stereocenters. The second-order valence-electron chi connectivity index (χ2n) is 17.2. The molecular weight excluding hydrogens is 695 g/mol. The smallest absolute Gasteiger partial charge is 0.392 e. The number of carbonyl (C=O) groups is 2. The Morgan fingerprint density at radius 2 is 1.65 bits per heavy atom. The summed E-state index contributed by atoms with van der Waals surface area (Å²) in [4.78, 5) is 28.0. The number of halogens is 3. The number of nitrogens with zero attached hydrogens (tertiary/aromatic N) is 2. The Morgan fingerprint density at radius 1 is 0.926 bits per heavy atom. The van der Waals surface area contributed by atoms with Gasteiger partial charge in [-0.2, -0.15) is 13.2 Å². The maximum absolute atomic E-state index is 13.1. The molecule has 11 heteroatoms. The molecule has 54 heavy (non-hydrogen) atoms. The van der Waals surface area contributed by atoms with Crippen LogP contribution in [0.3, 0.4) is 0 Å². The lowest BCUT2D eigenvalue weighted by atomic mass is 9.65. The molecule has 1 aliphatic carbocycles. The molecule has 2 amide bonds. The number of aliphatic hydroxyl groups is 1. The van der Waals surface area contributed by atoms with Crippen LogP contribution in [0, 0.1) is 16.7 Å². The van der Waals surface area contributed by atoms with E-state index in [0.717, 1.165) is 46.5 Å². The van der Waals surface area contributed by atoms with Crippen molar-refractivity contribution in [1.82, 2.24) is 15.1 Å². The zero-order valence-electron chi connectivity index (χ0n) is 31.6. The number of rotatable bonds is 9. The Balaban J connectivity index is 1.05. The third-order valence-electron chi connectivity index (χ3n) is 12.0. The van der Waals surface area contributed by atoms with Crippen molar-refractivity contribution in [2.24, 2.45) is 16.7 Å². The van der Waals surface area contributed by atoms with Gasteiger partial charge in [-0.1, -0.05) is 94.4 Å². The number of alkyl halides is 3. The highest BCUT2D eigenvalue weighted by atomic mass is 19.4. The zero-order chi connectivity index (χ0) is 38.4. The number of likely N-dealkylation sites (tertiary alicyclic amines) is 2. The number of amides is 2. The van der Waals surface area contributed by atoms with Crippen LogP contribution in [0.1, 0.15) is 94.4 Å². The average Bonchev–Trinajstić information content (AvgIpc) is 3.72. The molecule has 0 radical (unpaired) electrons. The van der Waals surface area contributed by atoms with Crippen LogP contribution in [0.5, 0.6) is 0 Å². The quantitative estimate of drug-likeness (QED) is 0.233. The molecule has 3 aliphatic heterocycles. The van der Waals surface area contributed by atoms with Gasteiger partial charge in [0.15, 0.2) is 6.29 Å². The largest absolute Gasteiger partial charge is 0.471 e. The van der Waals surface area contributed by atoms with Crippen LogP contribution in [-0.2, 0) is 32.2 Å². The minimum atomic E-state index is -5.01. The third kappa shape index (κ3) is 8.25. The summed E-state index contributed by atoms with van der Waals surface area (Å²) in [6.45, 7) is 11.4. The number of hydrogen-bond donors (Lipinski definition) is 2. The van der Waals surface area contributed by atoms with E-state index in [1.54, 1.807) is 0 Å². The predicted molar refractivity (Wildman–Crippen MR) is 199 cm³/mol. The summed E-state index contributed by atoms with van der Waals surface area (Å²) >= 11 is 0. The lowest BCUT2D eigenvalue weighted by molar-refractivity contribution is -0.276. The van der Waals surface area contributed by atoms with Gasteiger partial charge in [-0.25, -0.2) is 0 Å². The Kier molecular flexibility index (Phi) is 10.7. The van der Waals surface area contributed by atoms with Crippen LogP contribution in [0.2, 0.25) is 0 Å². The normalized spacial score (nSPS) is 29.7. The number of fused-ring (bicyclic) bond motifs is 2. The molecule has 4 fully saturated rings. The van der Waals surface area contributed by atoms with E-state index in [0.29, 0.717) is 28.2 Å². The van der Waals surface area contributed by atoms with Crippen LogP contribution in [0.15, 0.2) is 72.8 Å². The molecule has 3 saturated heterocycles. The van der Waals surface area contributed by atoms with Crippen LogP contribution in [0.4, 0.5) is 13.2 Å². The minimum Gasteiger partial charge on any atom is -0.392 e. The Bertz CT molecular complexity index is 1820. The summed E-state index contributed by atoms with van der Waals surface area (Å²) in [7, 11) is 0. The van der Waals surface area contributed by atoms with E-state index < -0.39 is 30.3 Å². The number of benzene rings is 3. The molecule has 0 spiro atoms. The summed E-state index contributed by atoms with van der Waals surface area (Å²) in [6, 6.07) is 23.1. The molecule has 0 aromatic heterocycles. The van der Waals surface area contributed by atoms with Crippen LogP contribution >= 0.6 is 0 Å². The van der Waals surface area contributed by atoms with E-state index in [4.69, 9.17) is 9.47 Å². The third-order valence-corrected chi connectivity index (χ3v) is 12.0. The average molecular weight is 748 g/mol. The monoisotopic (exact) mass is 747 g/mol. The Morgan fingerprint density at radius 3 is 2.35 bits per heavy atom. The first kappa shape index (κ1) is 38.5. The fourth-order valence-electron chi connectivity index (χ4n) is 9.80. The summed E-state index contributed by atoms with van der Waals surface area (Å²) in [6.07, 6.45) is -1.68. The molecule has 1 saturated carbocycles. The van der Waals surface area contributed by atoms with Crippen molar-refractivity contribution in [3.8, 4) is 11.1 Å². The van der Waals surface area contributed by atoms with E-state index >= 15 is 0 Å². The van der Waals surface area contributed by atoms with Gasteiger partial charge in [0.25, 0.3) is 0 Å². The molecule has 7 atom stereocenters. The van der Waals surface area contributed by atoms with E-state index in [9.17, 15) is 27.9 Å². The van der Waals surface area contributed by atoms with Gasteiger partial charge in [-0.05, 0) is 76.8 Å². The van der Waals surface area contributed by atoms with Gasteiger partial charge in [0.05, 0.1) is 18.8 Å². The Labute approximate surface area is 316 Å². The highest BCUT2D eigenvalue weighted by molar-refractivity contribution is 5.90. The van der Waals surface area contributed by atoms with Crippen LogP contribution in [0.25, 0.3) is 11.1 Å². The molecule has 3 aromatic rings. The summed E-state index contributed by atoms with van der Waals surface area (Å²) in [5, 5.41) is 12.4. The molecule has 3 aromatic carbocycles. The first-order valence-electron chi connectivity index (χ1n) is 19.2. The molecule has 290 valence electrons.